The monoisotopic (exact) mass is 292 g/mol. The Bertz CT molecular complexity index is 491. The van der Waals surface area contributed by atoms with Gasteiger partial charge in [0.2, 0.25) is 0 Å². The summed E-state index contributed by atoms with van der Waals surface area (Å²) >= 11 is 5.44. The molecular weight excluding hydrogens is 272 g/mol. The molecule has 1 saturated heterocycles. The van der Waals surface area contributed by atoms with Gasteiger partial charge in [-0.1, -0.05) is 0 Å². The lowest BCUT2D eigenvalue weighted by molar-refractivity contribution is -0.0473. The van der Waals surface area contributed by atoms with Crippen LogP contribution in [0.3, 0.4) is 0 Å². The molecule has 5 heteroatoms. The van der Waals surface area contributed by atoms with E-state index in [1.807, 2.05) is 26.0 Å². The SMILES string of the molecule is CC(=O)c1ccc(NC(=S)N2C[C@@H](C)O[C@@H](C)C2)cc1. The zero-order chi connectivity index (χ0) is 14.7. The maximum atomic E-state index is 11.2. The molecule has 0 aliphatic carbocycles. The number of ether oxygens (including phenoxy) is 1. The number of rotatable bonds is 2. The van der Waals surface area contributed by atoms with E-state index in [-0.39, 0.29) is 18.0 Å². The van der Waals surface area contributed by atoms with Crippen molar-refractivity contribution in [1.29, 1.82) is 0 Å². The van der Waals surface area contributed by atoms with E-state index in [4.69, 9.17) is 17.0 Å². The molecule has 1 fully saturated rings. The van der Waals surface area contributed by atoms with Crippen LogP contribution >= 0.6 is 12.2 Å². The molecule has 1 aliphatic rings. The summed E-state index contributed by atoms with van der Waals surface area (Å²) in [7, 11) is 0. The van der Waals surface area contributed by atoms with Gasteiger partial charge in [-0.2, -0.15) is 0 Å². The summed E-state index contributed by atoms with van der Waals surface area (Å²) in [5, 5.41) is 3.91. The first kappa shape index (κ1) is 14.9. The molecule has 1 aliphatic heterocycles. The zero-order valence-corrected chi connectivity index (χ0v) is 12.9. The lowest BCUT2D eigenvalue weighted by Gasteiger charge is -2.36. The van der Waals surface area contributed by atoms with Crippen LogP contribution in [0.25, 0.3) is 0 Å². The highest BCUT2D eigenvalue weighted by atomic mass is 32.1. The third-order valence-electron chi connectivity index (χ3n) is 3.25. The van der Waals surface area contributed by atoms with Gasteiger partial charge in [0.1, 0.15) is 0 Å². The topological polar surface area (TPSA) is 41.6 Å². The van der Waals surface area contributed by atoms with Crippen LogP contribution in [0.15, 0.2) is 24.3 Å². The first-order valence-electron chi connectivity index (χ1n) is 6.78. The van der Waals surface area contributed by atoms with E-state index >= 15 is 0 Å². The highest BCUT2D eigenvalue weighted by Crippen LogP contribution is 2.14. The Hall–Kier alpha value is -1.46. The molecule has 1 aromatic carbocycles. The molecule has 2 rings (SSSR count). The van der Waals surface area contributed by atoms with Gasteiger partial charge >= 0.3 is 0 Å². The van der Waals surface area contributed by atoms with Gasteiger partial charge in [-0.25, -0.2) is 0 Å². The molecule has 0 amide bonds. The molecule has 0 radical (unpaired) electrons. The van der Waals surface area contributed by atoms with Gasteiger partial charge in [-0.15, -0.1) is 0 Å². The molecule has 4 nitrogen and oxygen atoms in total. The average molecular weight is 292 g/mol. The molecular formula is C15H20N2O2S. The van der Waals surface area contributed by atoms with Crippen LogP contribution < -0.4 is 5.32 Å². The number of anilines is 1. The fraction of sp³-hybridized carbons (Fsp3) is 0.467. The van der Waals surface area contributed by atoms with Gasteiger partial charge in [0.15, 0.2) is 10.9 Å². The number of carbonyl (C=O) groups excluding carboxylic acids is 1. The normalized spacial score (nSPS) is 22.4. The molecule has 0 unspecified atom stereocenters. The fourth-order valence-electron chi connectivity index (χ4n) is 2.33. The maximum Gasteiger partial charge on any atom is 0.173 e. The highest BCUT2D eigenvalue weighted by molar-refractivity contribution is 7.80. The van der Waals surface area contributed by atoms with Crippen molar-refractivity contribution >= 4 is 28.8 Å². The lowest BCUT2D eigenvalue weighted by atomic mass is 10.1. The lowest BCUT2D eigenvalue weighted by Crippen LogP contribution is -2.49. The van der Waals surface area contributed by atoms with E-state index in [2.05, 4.69) is 10.2 Å². The van der Waals surface area contributed by atoms with Crippen molar-refractivity contribution in [3.63, 3.8) is 0 Å². The van der Waals surface area contributed by atoms with Crippen LogP contribution in [0.5, 0.6) is 0 Å². The third kappa shape index (κ3) is 3.77. The molecule has 0 bridgehead atoms. The summed E-state index contributed by atoms with van der Waals surface area (Å²) in [4.78, 5) is 13.3. The number of morpholine rings is 1. The van der Waals surface area contributed by atoms with E-state index in [9.17, 15) is 4.79 Å². The minimum Gasteiger partial charge on any atom is -0.372 e. The molecule has 2 atom stereocenters. The Labute approximate surface area is 125 Å². The van der Waals surface area contributed by atoms with Crippen molar-refractivity contribution in [3.05, 3.63) is 29.8 Å². The van der Waals surface area contributed by atoms with Gasteiger partial charge in [0.05, 0.1) is 12.2 Å². The molecule has 0 saturated carbocycles. The van der Waals surface area contributed by atoms with Gasteiger partial charge in [0, 0.05) is 24.3 Å². The molecule has 0 spiro atoms. The van der Waals surface area contributed by atoms with Crippen molar-refractivity contribution < 1.29 is 9.53 Å². The molecule has 108 valence electrons. The largest absolute Gasteiger partial charge is 0.372 e. The van der Waals surface area contributed by atoms with Crippen LogP contribution in [-0.4, -0.2) is 41.1 Å². The van der Waals surface area contributed by atoms with E-state index in [1.165, 1.54) is 0 Å². The van der Waals surface area contributed by atoms with Crippen LogP contribution in [0, 0.1) is 0 Å². The van der Waals surface area contributed by atoms with Gasteiger partial charge in [0.25, 0.3) is 0 Å². The first-order chi connectivity index (χ1) is 9.45. The van der Waals surface area contributed by atoms with Crippen molar-refractivity contribution in [3.8, 4) is 0 Å². The van der Waals surface area contributed by atoms with E-state index in [1.54, 1.807) is 19.1 Å². The number of carbonyl (C=O) groups is 1. The van der Waals surface area contributed by atoms with Crippen molar-refractivity contribution in [2.45, 2.75) is 33.0 Å². The second-order valence-electron chi connectivity index (χ2n) is 5.23. The Morgan fingerprint density at radius 3 is 2.30 bits per heavy atom. The summed E-state index contributed by atoms with van der Waals surface area (Å²) in [5.41, 5.74) is 1.60. The second kappa shape index (κ2) is 6.33. The van der Waals surface area contributed by atoms with Crippen LogP contribution in [0.1, 0.15) is 31.1 Å². The predicted octanol–water partition coefficient (Wildman–Crippen LogP) is 2.70. The third-order valence-corrected chi connectivity index (χ3v) is 3.61. The number of hydrogen-bond acceptors (Lipinski definition) is 3. The number of ketones is 1. The van der Waals surface area contributed by atoms with E-state index < -0.39 is 0 Å². The predicted molar refractivity (Wildman–Crippen MR) is 84.2 cm³/mol. The van der Waals surface area contributed by atoms with E-state index in [0.29, 0.717) is 10.7 Å². The molecule has 1 aromatic rings. The number of nitrogens with zero attached hydrogens (tertiary/aromatic N) is 1. The van der Waals surface area contributed by atoms with Crippen LogP contribution in [0.4, 0.5) is 5.69 Å². The standard InChI is InChI=1S/C15H20N2O2S/c1-10-8-17(9-11(2)19-10)15(20)16-14-6-4-13(5-7-14)12(3)18/h4-7,10-11H,8-9H2,1-3H3,(H,16,20)/t10-,11+. The molecule has 1 heterocycles. The van der Waals surface area contributed by atoms with Crippen molar-refractivity contribution in [2.24, 2.45) is 0 Å². The number of Topliss-reactive ketones (excluding diaryl/α,β-unsaturated/α-hetero) is 1. The Morgan fingerprint density at radius 2 is 1.80 bits per heavy atom. The summed E-state index contributed by atoms with van der Waals surface area (Å²) in [6.07, 6.45) is 0.358. The van der Waals surface area contributed by atoms with Crippen LogP contribution in [0.2, 0.25) is 0 Å². The summed E-state index contributed by atoms with van der Waals surface area (Å²) in [5.74, 6) is 0.0648. The molecule has 1 N–H and O–H groups in total. The maximum absolute atomic E-state index is 11.2. The summed E-state index contributed by atoms with van der Waals surface area (Å²) in [6, 6.07) is 7.35. The average Bonchev–Trinajstić information content (AvgIpc) is 2.38. The van der Waals surface area contributed by atoms with Gasteiger partial charge < -0.3 is 15.0 Å². The Balaban J connectivity index is 1.98. The van der Waals surface area contributed by atoms with E-state index in [0.717, 1.165) is 18.8 Å². The number of nitrogens with one attached hydrogen (secondary N) is 1. The minimum atomic E-state index is 0.0648. The minimum absolute atomic E-state index is 0.0648. The van der Waals surface area contributed by atoms with Gasteiger partial charge in [-0.05, 0) is 57.3 Å². The first-order valence-corrected chi connectivity index (χ1v) is 7.19. The number of thiocarbonyl (C=S) groups is 1. The smallest absolute Gasteiger partial charge is 0.173 e. The summed E-state index contributed by atoms with van der Waals surface area (Å²) in [6.45, 7) is 7.24. The molecule has 20 heavy (non-hydrogen) atoms. The fourth-order valence-corrected chi connectivity index (χ4v) is 2.60. The highest BCUT2D eigenvalue weighted by Gasteiger charge is 2.23. The Kier molecular flexibility index (Phi) is 4.73. The number of hydrogen-bond donors (Lipinski definition) is 1. The Morgan fingerprint density at radius 1 is 1.25 bits per heavy atom. The van der Waals surface area contributed by atoms with Crippen LogP contribution in [-0.2, 0) is 4.74 Å². The summed E-state index contributed by atoms with van der Waals surface area (Å²) < 4.78 is 5.69. The number of benzene rings is 1. The zero-order valence-electron chi connectivity index (χ0n) is 12.1. The molecule has 0 aromatic heterocycles. The second-order valence-corrected chi connectivity index (χ2v) is 5.61. The quantitative estimate of drug-likeness (QED) is 0.670. The van der Waals surface area contributed by atoms with Crippen molar-refractivity contribution in [2.75, 3.05) is 18.4 Å². The van der Waals surface area contributed by atoms with Gasteiger partial charge in [-0.3, -0.25) is 4.79 Å². The van der Waals surface area contributed by atoms with Crippen molar-refractivity contribution in [1.82, 2.24) is 4.90 Å².